The molecule has 2 aromatic carbocycles. The zero-order valence-electron chi connectivity index (χ0n) is 24.1. The Hall–Kier alpha value is -3.20. The van der Waals surface area contributed by atoms with Crippen LogP contribution in [0, 0.1) is 0 Å². The third-order valence-electron chi connectivity index (χ3n) is 9.09. The third-order valence-corrected chi connectivity index (χ3v) is 9.09. The van der Waals surface area contributed by atoms with Crippen LogP contribution in [-0.4, -0.2) is 83.3 Å². The van der Waals surface area contributed by atoms with Crippen LogP contribution in [0.4, 0.5) is 0 Å². The number of rotatable bonds is 9. The lowest BCUT2D eigenvalue weighted by Crippen LogP contribution is -2.69. The number of methoxy groups -OCH3 is 1. The van der Waals surface area contributed by atoms with Gasteiger partial charge in [-0.2, -0.15) is 0 Å². The number of nitrogens with one attached hydrogen (secondary N) is 1. The number of nitrogens with zero attached hydrogens (tertiary/aromatic N) is 3. The maximum Gasteiger partial charge on any atom is 0.252 e. The molecule has 2 aliphatic heterocycles. The number of piperidine rings is 2. The minimum atomic E-state index is -1.53. The van der Waals surface area contributed by atoms with E-state index in [9.17, 15) is 9.59 Å². The predicted octanol–water partition coefficient (Wildman–Crippen LogP) is 4.11. The molecule has 1 aromatic heterocycles. The van der Waals surface area contributed by atoms with Crippen molar-refractivity contribution in [2.24, 2.45) is 5.73 Å². The minimum absolute atomic E-state index is 0.224. The van der Waals surface area contributed by atoms with Gasteiger partial charge in [-0.05, 0) is 63.4 Å². The van der Waals surface area contributed by atoms with E-state index in [0.29, 0.717) is 31.4 Å². The number of benzene rings is 2. The Morgan fingerprint density at radius 2 is 1.73 bits per heavy atom. The number of amides is 1. The predicted molar refractivity (Wildman–Crippen MR) is 158 cm³/mol. The molecule has 2 aliphatic rings. The first-order valence-corrected chi connectivity index (χ1v) is 14.6. The van der Waals surface area contributed by atoms with Crippen molar-refractivity contribution in [1.82, 2.24) is 19.7 Å². The van der Waals surface area contributed by atoms with Crippen molar-refractivity contribution >= 4 is 22.6 Å². The van der Waals surface area contributed by atoms with E-state index in [4.69, 9.17) is 10.5 Å². The van der Waals surface area contributed by atoms with Crippen LogP contribution in [0.25, 0.3) is 10.9 Å². The smallest absolute Gasteiger partial charge is 0.252 e. The van der Waals surface area contributed by atoms with E-state index in [1.165, 1.54) is 26.2 Å². The summed E-state index contributed by atoms with van der Waals surface area (Å²) in [4.78, 5) is 38.2. The molecule has 3 N–H and O–H groups in total. The molecular formula is C32H43N5O3. The highest BCUT2D eigenvalue weighted by atomic mass is 16.5. The summed E-state index contributed by atoms with van der Waals surface area (Å²) in [5, 5.41) is 0.934. The van der Waals surface area contributed by atoms with Gasteiger partial charge in [-0.15, -0.1) is 0 Å². The maximum atomic E-state index is 14.7. The van der Waals surface area contributed by atoms with Gasteiger partial charge >= 0.3 is 0 Å². The molecule has 3 heterocycles. The Morgan fingerprint density at radius 3 is 2.42 bits per heavy atom. The first-order chi connectivity index (χ1) is 19.4. The number of hydrogen-bond acceptors (Lipinski definition) is 6. The van der Waals surface area contributed by atoms with Crippen LogP contribution in [-0.2, 0) is 16.1 Å². The van der Waals surface area contributed by atoms with Crippen LogP contribution in [0.5, 0.6) is 5.75 Å². The van der Waals surface area contributed by atoms with Crippen LogP contribution in [0.3, 0.4) is 0 Å². The van der Waals surface area contributed by atoms with Crippen LogP contribution < -0.4 is 10.5 Å². The summed E-state index contributed by atoms with van der Waals surface area (Å²) < 4.78 is 5.55. The average molecular weight is 546 g/mol. The summed E-state index contributed by atoms with van der Waals surface area (Å²) in [5.74, 6) is 0.206. The number of likely N-dealkylation sites (N-methyl/N-ethyl adjacent to an activating group) is 1. The number of carbonyl (C=O) groups excluding carboxylic acids is 2. The third kappa shape index (κ3) is 5.16. The molecule has 2 fully saturated rings. The number of likely N-dealkylation sites (tertiary alicyclic amines) is 2. The van der Waals surface area contributed by atoms with E-state index in [1.807, 2.05) is 54.7 Å². The highest BCUT2D eigenvalue weighted by Gasteiger charge is 2.56. The number of ketones is 1. The number of para-hydroxylation sites is 2. The van der Waals surface area contributed by atoms with Crippen molar-refractivity contribution in [3.63, 3.8) is 0 Å². The molecule has 0 bridgehead atoms. The number of ether oxygens (including phenoxy) is 1. The van der Waals surface area contributed by atoms with Gasteiger partial charge in [0, 0.05) is 55.4 Å². The van der Waals surface area contributed by atoms with E-state index in [2.05, 4.69) is 14.8 Å². The first kappa shape index (κ1) is 28.3. The largest absolute Gasteiger partial charge is 0.496 e. The van der Waals surface area contributed by atoms with Crippen LogP contribution in [0.1, 0.15) is 56.2 Å². The Balaban J connectivity index is 1.51. The molecule has 0 aliphatic carbocycles. The zero-order chi connectivity index (χ0) is 28.3. The van der Waals surface area contributed by atoms with E-state index in [0.717, 1.165) is 48.0 Å². The lowest BCUT2D eigenvalue weighted by atomic mass is 9.78. The van der Waals surface area contributed by atoms with Crippen LogP contribution >= 0.6 is 0 Å². The van der Waals surface area contributed by atoms with Crippen molar-refractivity contribution < 1.29 is 14.3 Å². The Morgan fingerprint density at radius 1 is 1.05 bits per heavy atom. The number of H-pyrrole nitrogens is 1. The maximum absolute atomic E-state index is 14.7. The standard InChI is InChI=1S/C32H43N5O3/c1-23(38)32(30(33)27-21-34-28-13-7-6-12-26(27)28,31(39)35(2)22-24-11-5-8-14-29(24)40-3)37-19-15-25(16-20-37)36-17-9-4-10-18-36/h5-8,11-14,21,25,30,34H,4,9-10,15-20,22,33H2,1-3H3. The molecule has 214 valence electrons. The minimum Gasteiger partial charge on any atom is -0.496 e. The number of hydrogen-bond donors (Lipinski definition) is 2. The molecule has 1 amide bonds. The molecule has 0 saturated carbocycles. The first-order valence-electron chi connectivity index (χ1n) is 14.6. The van der Waals surface area contributed by atoms with E-state index < -0.39 is 11.6 Å². The summed E-state index contributed by atoms with van der Waals surface area (Å²) in [6, 6.07) is 15.2. The molecule has 3 aromatic rings. The van der Waals surface area contributed by atoms with Crippen LogP contribution in [0.2, 0.25) is 0 Å². The number of fused-ring (bicyclic) bond motifs is 1. The molecule has 2 unspecified atom stereocenters. The van der Waals surface area contributed by atoms with Gasteiger partial charge < -0.3 is 25.3 Å². The monoisotopic (exact) mass is 545 g/mol. The SMILES string of the molecule is COc1ccccc1CN(C)C(=O)C(C(C)=O)(C(N)c1c[nH]c2ccccc12)N1CCC(N2CCCCC2)CC1. The van der Waals surface area contributed by atoms with E-state index in [-0.39, 0.29) is 11.7 Å². The average Bonchev–Trinajstić information content (AvgIpc) is 3.42. The van der Waals surface area contributed by atoms with Crippen LogP contribution in [0.15, 0.2) is 54.7 Å². The molecule has 5 rings (SSSR count). The Labute approximate surface area is 237 Å². The quantitative estimate of drug-likeness (QED) is 0.393. The van der Waals surface area contributed by atoms with Gasteiger partial charge in [0.05, 0.1) is 13.2 Å². The van der Waals surface area contributed by atoms with Gasteiger partial charge in [0.15, 0.2) is 11.3 Å². The summed E-state index contributed by atoms with van der Waals surface area (Å²) >= 11 is 0. The summed E-state index contributed by atoms with van der Waals surface area (Å²) in [6.07, 6.45) is 7.49. The van der Waals surface area contributed by atoms with Crippen molar-refractivity contribution in [3.8, 4) is 5.75 Å². The summed E-state index contributed by atoms with van der Waals surface area (Å²) in [5.41, 5.74) is 8.18. The number of carbonyl (C=O) groups is 2. The second-order valence-electron chi connectivity index (χ2n) is 11.4. The second kappa shape index (κ2) is 12.1. The number of nitrogens with two attached hydrogens (primary N) is 1. The summed E-state index contributed by atoms with van der Waals surface area (Å²) in [6.45, 7) is 5.40. The van der Waals surface area contributed by atoms with E-state index in [1.54, 1.807) is 19.1 Å². The number of aromatic nitrogens is 1. The van der Waals surface area contributed by atoms with Crippen molar-refractivity contribution in [2.45, 2.75) is 63.2 Å². The molecule has 2 atom stereocenters. The molecule has 8 heteroatoms. The van der Waals surface area contributed by atoms with E-state index >= 15 is 0 Å². The van der Waals surface area contributed by atoms with Gasteiger partial charge in [0.25, 0.3) is 5.91 Å². The van der Waals surface area contributed by atoms with Gasteiger partial charge in [-0.1, -0.05) is 42.8 Å². The topological polar surface area (TPSA) is 94.9 Å². The Bertz CT molecular complexity index is 1320. The lowest BCUT2D eigenvalue weighted by Gasteiger charge is -2.50. The fraction of sp³-hybridized carbons (Fsp3) is 0.500. The fourth-order valence-electron chi connectivity index (χ4n) is 6.95. The second-order valence-corrected chi connectivity index (χ2v) is 11.4. The molecule has 2 saturated heterocycles. The number of Topliss-reactive ketones (excluding diaryl/α,β-unsaturated/α-hetero) is 1. The van der Waals surface area contributed by atoms with Gasteiger partial charge in [-0.25, -0.2) is 0 Å². The van der Waals surface area contributed by atoms with Gasteiger partial charge in [-0.3, -0.25) is 14.5 Å². The number of aromatic amines is 1. The Kier molecular flexibility index (Phi) is 8.59. The summed E-state index contributed by atoms with van der Waals surface area (Å²) in [7, 11) is 3.38. The van der Waals surface area contributed by atoms with Crippen molar-refractivity contribution in [2.75, 3.05) is 40.3 Å². The molecule has 8 nitrogen and oxygen atoms in total. The van der Waals surface area contributed by atoms with Crippen molar-refractivity contribution in [3.05, 3.63) is 65.9 Å². The van der Waals surface area contributed by atoms with Gasteiger partial charge in [0.2, 0.25) is 0 Å². The fourth-order valence-corrected chi connectivity index (χ4v) is 6.95. The highest BCUT2D eigenvalue weighted by Crippen LogP contribution is 2.39. The van der Waals surface area contributed by atoms with Crippen molar-refractivity contribution in [1.29, 1.82) is 0 Å². The molecule has 0 radical (unpaired) electrons. The normalized spacial score (nSPS) is 19.7. The molecule has 0 spiro atoms. The lowest BCUT2D eigenvalue weighted by molar-refractivity contribution is -0.155. The molecular weight excluding hydrogens is 502 g/mol. The highest BCUT2D eigenvalue weighted by molar-refractivity contribution is 6.11. The van der Waals surface area contributed by atoms with Gasteiger partial charge in [0.1, 0.15) is 5.75 Å². The molecule has 40 heavy (non-hydrogen) atoms. The zero-order valence-corrected chi connectivity index (χ0v) is 24.1.